The Labute approximate surface area is 132 Å². The van der Waals surface area contributed by atoms with Gasteiger partial charge in [0, 0.05) is 4.47 Å². The highest BCUT2D eigenvalue weighted by molar-refractivity contribution is 9.10. The summed E-state index contributed by atoms with van der Waals surface area (Å²) in [6.45, 7) is 3.73. The number of carboxylic acid groups (broad SMARTS) is 1. The summed E-state index contributed by atoms with van der Waals surface area (Å²) in [4.78, 5) is 23.5. The van der Waals surface area contributed by atoms with Crippen LogP contribution in [0, 0.1) is 5.41 Å². The Morgan fingerprint density at radius 3 is 2.57 bits per heavy atom. The molecular weight excluding hydrogens is 336 g/mol. The highest BCUT2D eigenvalue weighted by Gasteiger charge is 2.37. The van der Waals surface area contributed by atoms with Crippen molar-refractivity contribution < 1.29 is 14.7 Å². The quantitative estimate of drug-likeness (QED) is 0.776. The molecule has 1 aliphatic heterocycles. The number of carbonyl (C=O) groups is 2. The number of aromatic carboxylic acids is 1. The van der Waals surface area contributed by atoms with Crippen LogP contribution in [0.3, 0.4) is 0 Å². The van der Waals surface area contributed by atoms with Gasteiger partial charge < -0.3 is 15.7 Å². The number of hydrogen-bond donors (Lipinski definition) is 3. The minimum absolute atomic E-state index is 0.00951. The maximum atomic E-state index is 12.6. The topological polar surface area (TPSA) is 78.4 Å². The first-order valence-corrected chi connectivity index (χ1v) is 7.83. The highest BCUT2D eigenvalue weighted by Crippen LogP contribution is 2.35. The molecule has 0 unspecified atom stereocenters. The monoisotopic (exact) mass is 354 g/mol. The molecule has 0 saturated carbocycles. The van der Waals surface area contributed by atoms with Gasteiger partial charge in [-0.15, -0.1) is 0 Å². The third-order valence-electron chi connectivity index (χ3n) is 4.18. The van der Waals surface area contributed by atoms with Crippen molar-refractivity contribution in [2.75, 3.05) is 18.4 Å². The van der Waals surface area contributed by atoms with E-state index in [9.17, 15) is 9.59 Å². The summed E-state index contributed by atoms with van der Waals surface area (Å²) < 4.78 is 0.580. The van der Waals surface area contributed by atoms with Gasteiger partial charge in [0.05, 0.1) is 16.7 Å². The number of rotatable bonds is 4. The molecule has 0 atom stereocenters. The average molecular weight is 355 g/mol. The fraction of sp³-hybridized carbons (Fsp3) is 0.467. The van der Waals surface area contributed by atoms with Crippen molar-refractivity contribution in [1.82, 2.24) is 5.32 Å². The van der Waals surface area contributed by atoms with Crippen molar-refractivity contribution in [3.8, 4) is 0 Å². The van der Waals surface area contributed by atoms with Gasteiger partial charge in [0.25, 0.3) is 0 Å². The molecule has 6 heteroatoms. The van der Waals surface area contributed by atoms with E-state index in [0.717, 1.165) is 32.4 Å². The van der Waals surface area contributed by atoms with E-state index in [4.69, 9.17) is 5.11 Å². The summed E-state index contributed by atoms with van der Waals surface area (Å²) in [5, 5.41) is 15.2. The smallest absolute Gasteiger partial charge is 0.335 e. The first-order valence-electron chi connectivity index (χ1n) is 7.03. The minimum Gasteiger partial charge on any atom is -0.478 e. The molecule has 1 saturated heterocycles. The van der Waals surface area contributed by atoms with Gasteiger partial charge in [-0.25, -0.2) is 4.79 Å². The number of benzene rings is 1. The fourth-order valence-electron chi connectivity index (χ4n) is 2.65. The van der Waals surface area contributed by atoms with Crippen molar-refractivity contribution in [2.45, 2.75) is 26.2 Å². The Hall–Kier alpha value is -1.40. The van der Waals surface area contributed by atoms with E-state index >= 15 is 0 Å². The molecule has 0 radical (unpaired) electrons. The standard InChI is InChI=1S/C15H19BrN2O3/c1-2-15(5-7-17-8-6-15)14(21)18-12-4-3-10(13(19)20)9-11(12)16/h3-4,9,17H,2,5-8H2,1H3,(H,18,21)(H,19,20). The third kappa shape index (κ3) is 3.44. The Bertz CT molecular complexity index is 554. The molecule has 1 fully saturated rings. The number of carboxylic acids is 1. The molecule has 114 valence electrons. The lowest BCUT2D eigenvalue weighted by molar-refractivity contribution is -0.127. The fourth-order valence-corrected chi connectivity index (χ4v) is 3.13. The molecule has 0 spiro atoms. The second-order valence-electron chi connectivity index (χ2n) is 5.34. The molecular formula is C15H19BrN2O3. The Morgan fingerprint density at radius 2 is 2.05 bits per heavy atom. The van der Waals surface area contributed by atoms with Crippen molar-refractivity contribution in [2.24, 2.45) is 5.41 Å². The van der Waals surface area contributed by atoms with Crippen LogP contribution in [-0.2, 0) is 4.79 Å². The number of halogens is 1. The first-order chi connectivity index (χ1) is 9.98. The number of hydrogen-bond acceptors (Lipinski definition) is 3. The molecule has 5 nitrogen and oxygen atoms in total. The number of amides is 1. The maximum Gasteiger partial charge on any atom is 0.335 e. The van der Waals surface area contributed by atoms with E-state index in [2.05, 4.69) is 26.6 Å². The zero-order valence-corrected chi connectivity index (χ0v) is 13.5. The normalized spacial score (nSPS) is 17.2. The van der Waals surface area contributed by atoms with E-state index in [1.54, 1.807) is 6.07 Å². The Balaban J connectivity index is 2.17. The Kier molecular flexibility index (Phi) is 5.00. The third-order valence-corrected chi connectivity index (χ3v) is 4.84. The van der Waals surface area contributed by atoms with Crippen LogP contribution in [0.15, 0.2) is 22.7 Å². The lowest BCUT2D eigenvalue weighted by Gasteiger charge is -2.35. The minimum atomic E-state index is -0.989. The van der Waals surface area contributed by atoms with Crippen LogP contribution in [0.1, 0.15) is 36.5 Å². The molecule has 1 amide bonds. The zero-order chi connectivity index (χ0) is 15.5. The second-order valence-corrected chi connectivity index (χ2v) is 6.19. The lowest BCUT2D eigenvalue weighted by atomic mass is 9.76. The van der Waals surface area contributed by atoms with Crippen LogP contribution in [0.2, 0.25) is 0 Å². The predicted molar refractivity (Wildman–Crippen MR) is 84.6 cm³/mol. The molecule has 1 aromatic rings. The maximum absolute atomic E-state index is 12.6. The number of carbonyl (C=O) groups excluding carboxylic acids is 1. The van der Waals surface area contributed by atoms with E-state index < -0.39 is 5.97 Å². The van der Waals surface area contributed by atoms with Gasteiger partial charge in [0.2, 0.25) is 5.91 Å². The number of nitrogens with one attached hydrogen (secondary N) is 2. The summed E-state index contributed by atoms with van der Waals surface area (Å²) in [5.41, 5.74) is 0.458. The molecule has 3 N–H and O–H groups in total. The second kappa shape index (κ2) is 6.58. The van der Waals surface area contributed by atoms with E-state index in [-0.39, 0.29) is 16.9 Å². The van der Waals surface area contributed by atoms with E-state index in [1.807, 2.05) is 6.92 Å². The molecule has 2 rings (SSSR count). The SMILES string of the molecule is CCC1(C(=O)Nc2ccc(C(=O)O)cc2Br)CCNCC1. The molecule has 21 heavy (non-hydrogen) atoms. The highest BCUT2D eigenvalue weighted by atomic mass is 79.9. The van der Waals surface area contributed by atoms with E-state index in [0.29, 0.717) is 10.2 Å². The van der Waals surface area contributed by atoms with Gasteiger partial charge in [-0.05, 0) is 66.5 Å². The molecule has 0 aliphatic carbocycles. The molecule has 1 heterocycles. The van der Waals surface area contributed by atoms with Crippen LogP contribution < -0.4 is 10.6 Å². The zero-order valence-electron chi connectivity index (χ0n) is 11.9. The summed E-state index contributed by atoms with van der Waals surface area (Å²) in [6.07, 6.45) is 2.44. The van der Waals surface area contributed by atoms with Crippen LogP contribution in [0.5, 0.6) is 0 Å². The van der Waals surface area contributed by atoms with Gasteiger partial charge in [-0.3, -0.25) is 4.79 Å². The number of piperidine rings is 1. The van der Waals surface area contributed by atoms with Crippen LogP contribution >= 0.6 is 15.9 Å². The average Bonchev–Trinajstić information content (AvgIpc) is 2.49. The largest absolute Gasteiger partial charge is 0.478 e. The molecule has 0 aromatic heterocycles. The van der Waals surface area contributed by atoms with Crippen molar-refractivity contribution in [1.29, 1.82) is 0 Å². The van der Waals surface area contributed by atoms with E-state index in [1.165, 1.54) is 12.1 Å². The Morgan fingerprint density at radius 1 is 1.38 bits per heavy atom. The van der Waals surface area contributed by atoms with Crippen molar-refractivity contribution in [3.63, 3.8) is 0 Å². The van der Waals surface area contributed by atoms with Crippen LogP contribution in [0.25, 0.3) is 0 Å². The first kappa shape index (κ1) is 16.0. The number of anilines is 1. The summed E-state index contributed by atoms with van der Waals surface area (Å²) in [6, 6.07) is 4.61. The summed E-state index contributed by atoms with van der Waals surface area (Å²) in [7, 11) is 0. The van der Waals surface area contributed by atoms with Gasteiger partial charge >= 0.3 is 5.97 Å². The molecule has 1 aliphatic rings. The van der Waals surface area contributed by atoms with Gasteiger partial charge in [0.15, 0.2) is 0 Å². The molecule has 1 aromatic carbocycles. The summed E-state index contributed by atoms with van der Waals surface area (Å²) >= 11 is 3.32. The van der Waals surface area contributed by atoms with Gasteiger partial charge in [-0.2, -0.15) is 0 Å². The van der Waals surface area contributed by atoms with Crippen molar-refractivity contribution >= 4 is 33.5 Å². The van der Waals surface area contributed by atoms with Crippen LogP contribution in [-0.4, -0.2) is 30.1 Å². The lowest BCUT2D eigenvalue weighted by Crippen LogP contribution is -2.44. The molecule has 0 bridgehead atoms. The van der Waals surface area contributed by atoms with Gasteiger partial charge in [-0.1, -0.05) is 6.92 Å². The van der Waals surface area contributed by atoms with Crippen LogP contribution in [0.4, 0.5) is 5.69 Å². The van der Waals surface area contributed by atoms with Gasteiger partial charge in [0.1, 0.15) is 0 Å². The summed E-state index contributed by atoms with van der Waals surface area (Å²) in [5.74, 6) is -0.979. The predicted octanol–water partition coefficient (Wildman–Crippen LogP) is 2.87. The van der Waals surface area contributed by atoms with Crippen molar-refractivity contribution in [3.05, 3.63) is 28.2 Å².